The molecule has 26 heavy (non-hydrogen) atoms. The fourth-order valence-corrected chi connectivity index (χ4v) is 3.13. The maximum absolute atomic E-state index is 12.5. The topological polar surface area (TPSA) is 62.3 Å². The summed E-state index contributed by atoms with van der Waals surface area (Å²) in [4.78, 5) is 30.5. The van der Waals surface area contributed by atoms with E-state index in [0.717, 1.165) is 32.7 Å². The lowest BCUT2D eigenvalue weighted by atomic mass is 10.2. The Balaban J connectivity index is 2.03. The van der Waals surface area contributed by atoms with E-state index in [0.29, 0.717) is 30.2 Å². The average Bonchev–Trinajstić information content (AvgIpc) is 2.67. The second kappa shape index (κ2) is 9.43. The van der Waals surface area contributed by atoms with Gasteiger partial charge in [-0.15, -0.1) is 0 Å². The number of carbonyl (C=O) groups is 2. The first-order valence-electron chi connectivity index (χ1n) is 9.00. The third-order valence-electron chi connectivity index (χ3n) is 4.78. The summed E-state index contributed by atoms with van der Waals surface area (Å²) in [5.74, 6) is 1.15. The molecule has 0 aromatic heterocycles. The highest BCUT2D eigenvalue weighted by Crippen LogP contribution is 2.32. The number of hydrogen-bond acceptors (Lipinski definition) is 5. The number of piperazine rings is 1. The molecule has 0 bridgehead atoms. The first-order valence-corrected chi connectivity index (χ1v) is 9.00. The molecule has 0 unspecified atom stereocenters. The van der Waals surface area contributed by atoms with E-state index < -0.39 is 0 Å². The van der Waals surface area contributed by atoms with Crippen molar-refractivity contribution in [1.82, 2.24) is 9.80 Å². The Kier molecular flexibility index (Phi) is 7.26. The number of rotatable bonds is 7. The van der Waals surface area contributed by atoms with Gasteiger partial charge < -0.3 is 24.2 Å². The van der Waals surface area contributed by atoms with Gasteiger partial charge in [0.2, 0.25) is 11.8 Å². The molecule has 0 N–H and O–H groups in total. The standard InChI is InChI=1S/C19H29N3O4/c1-5-20-10-12-21(13-11-20)19(24)8-9-22(15(2)23)17-7-6-16(25-3)14-18(17)26-4/h6-7,14H,5,8-13H2,1-4H3. The highest BCUT2D eigenvalue weighted by Gasteiger charge is 2.23. The molecule has 1 aliphatic heterocycles. The van der Waals surface area contributed by atoms with Crippen molar-refractivity contribution in [2.45, 2.75) is 20.3 Å². The van der Waals surface area contributed by atoms with E-state index in [-0.39, 0.29) is 11.8 Å². The maximum atomic E-state index is 12.5. The second-order valence-electron chi connectivity index (χ2n) is 6.27. The van der Waals surface area contributed by atoms with E-state index in [1.165, 1.54) is 6.92 Å². The Morgan fingerprint density at radius 2 is 1.81 bits per heavy atom. The van der Waals surface area contributed by atoms with E-state index in [1.54, 1.807) is 37.3 Å². The molecular weight excluding hydrogens is 334 g/mol. The summed E-state index contributed by atoms with van der Waals surface area (Å²) in [6, 6.07) is 5.29. The summed E-state index contributed by atoms with van der Waals surface area (Å²) in [5, 5.41) is 0. The van der Waals surface area contributed by atoms with Crippen LogP contribution in [0.3, 0.4) is 0 Å². The van der Waals surface area contributed by atoms with E-state index in [2.05, 4.69) is 11.8 Å². The fraction of sp³-hybridized carbons (Fsp3) is 0.579. The molecule has 1 heterocycles. The lowest BCUT2D eigenvalue weighted by Gasteiger charge is -2.34. The lowest BCUT2D eigenvalue weighted by Crippen LogP contribution is -2.49. The lowest BCUT2D eigenvalue weighted by molar-refractivity contribution is -0.132. The zero-order valence-corrected chi connectivity index (χ0v) is 16.2. The largest absolute Gasteiger partial charge is 0.497 e. The molecule has 2 rings (SSSR count). The van der Waals surface area contributed by atoms with Crippen LogP contribution in [0.1, 0.15) is 20.3 Å². The number of ether oxygens (including phenoxy) is 2. The molecule has 1 fully saturated rings. The molecule has 7 nitrogen and oxygen atoms in total. The number of carbonyl (C=O) groups excluding carboxylic acids is 2. The molecule has 0 saturated carbocycles. The van der Waals surface area contributed by atoms with Gasteiger partial charge in [0, 0.05) is 52.1 Å². The van der Waals surface area contributed by atoms with E-state index in [9.17, 15) is 9.59 Å². The normalized spacial score (nSPS) is 14.8. The van der Waals surface area contributed by atoms with Crippen molar-refractivity contribution in [3.63, 3.8) is 0 Å². The van der Waals surface area contributed by atoms with Crippen molar-refractivity contribution in [3.8, 4) is 11.5 Å². The highest BCUT2D eigenvalue weighted by molar-refractivity contribution is 5.94. The Morgan fingerprint density at radius 1 is 1.12 bits per heavy atom. The van der Waals surface area contributed by atoms with Crippen LogP contribution >= 0.6 is 0 Å². The van der Waals surface area contributed by atoms with Gasteiger partial charge in [0.05, 0.1) is 19.9 Å². The van der Waals surface area contributed by atoms with Crippen molar-refractivity contribution in [2.75, 3.05) is 58.4 Å². The van der Waals surface area contributed by atoms with Crippen molar-refractivity contribution < 1.29 is 19.1 Å². The Hall–Kier alpha value is -2.28. The number of likely N-dealkylation sites (N-methyl/N-ethyl adjacent to an activating group) is 1. The van der Waals surface area contributed by atoms with Crippen LogP contribution < -0.4 is 14.4 Å². The van der Waals surface area contributed by atoms with Crippen molar-refractivity contribution in [1.29, 1.82) is 0 Å². The zero-order chi connectivity index (χ0) is 19.1. The van der Waals surface area contributed by atoms with E-state index >= 15 is 0 Å². The number of amides is 2. The molecular formula is C19H29N3O4. The molecule has 144 valence electrons. The number of methoxy groups -OCH3 is 2. The van der Waals surface area contributed by atoms with E-state index in [4.69, 9.17) is 9.47 Å². The first kappa shape index (κ1) is 20.0. The minimum absolute atomic E-state index is 0.0829. The molecule has 0 aliphatic carbocycles. The number of nitrogens with zero attached hydrogens (tertiary/aromatic N) is 3. The van der Waals surface area contributed by atoms with Gasteiger partial charge >= 0.3 is 0 Å². The summed E-state index contributed by atoms with van der Waals surface area (Å²) < 4.78 is 10.6. The van der Waals surface area contributed by atoms with Crippen LogP contribution in [0.5, 0.6) is 11.5 Å². The first-order chi connectivity index (χ1) is 12.5. The fourth-order valence-electron chi connectivity index (χ4n) is 3.13. The molecule has 1 saturated heterocycles. The second-order valence-corrected chi connectivity index (χ2v) is 6.27. The van der Waals surface area contributed by atoms with Crippen molar-refractivity contribution >= 4 is 17.5 Å². The van der Waals surface area contributed by atoms with Crippen LogP contribution in [-0.4, -0.2) is 75.1 Å². The van der Waals surface area contributed by atoms with Gasteiger partial charge in [0.1, 0.15) is 11.5 Å². The molecule has 1 aromatic carbocycles. The van der Waals surface area contributed by atoms with Crippen LogP contribution in [0.25, 0.3) is 0 Å². The molecule has 0 atom stereocenters. The minimum Gasteiger partial charge on any atom is -0.497 e. The minimum atomic E-state index is -0.128. The number of benzene rings is 1. The number of anilines is 1. The third kappa shape index (κ3) is 4.88. The molecule has 0 radical (unpaired) electrons. The van der Waals surface area contributed by atoms with Gasteiger partial charge in [-0.25, -0.2) is 0 Å². The SMILES string of the molecule is CCN1CCN(C(=O)CCN(C(C)=O)c2ccc(OC)cc2OC)CC1. The molecule has 0 spiro atoms. The quantitative estimate of drug-likeness (QED) is 0.737. The van der Waals surface area contributed by atoms with Gasteiger partial charge in [-0.05, 0) is 18.7 Å². The monoisotopic (exact) mass is 363 g/mol. The summed E-state index contributed by atoms with van der Waals surface area (Å²) in [6.07, 6.45) is 0.293. The summed E-state index contributed by atoms with van der Waals surface area (Å²) in [6.45, 7) is 8.27. The molecule has 7 heteroatoms. The smallest absolute Gasteiger partial charge is 0.224 e. The van der Waals surface area contributed by atoms with Crippen LogP contribution in [0.15, 0.2) is 18.2 Å². The van der Waals surface area contributed by atoms with Gasteiger partial charge in [-0.1, -0.05) is 6.92 Å². The van der Waals surface area contributed by atoms with Gasteiger partial charge in [0.15, 0.2) is 0 Å². The van der Waals surface area contributed by atoms with Gasteiger partial charge in [0.25, 0.3) is 0 Å². The summed E-state index contributed by atoms with van der Waals surface area (Å²) in [7, 11) is 3.13. The predicted molar refractivity (Wildman–Crippen MR) is 101 cm³/mol. The number of hydrogen-bond donors (Lipinski definition) is 0. The van der Waals surface area contributed by atoms with Gasteiger partial charge in [-0.3, -0.25) is 9.59 Å². The Labute approximate surface area is 155 Å². The zero-order valence-electron chi connectivity index (χ0n) is 16.2. The van der Waals surface area contributed by atoms with E-state index in [1.807, 2.05) is 4.90 Å². The van der Waals surface area contributed by atoms with Crippen LogP contribution in [0.4, 0.5) is 5.69 Å². The van der Waals surface area contributed by atoms with Crippen molar-refractivity contribution in [3.05, 3.63) is 18.2 Å². The molecule has 1 aromatic rings. The van der Waals surface area contributed by atoms with Crippen LogP contribution in [-0.2, 0) is 9.59 Å². The summed E-state index contributed by atoms with van der Waals surface area (Å²) >= 11 is 0. The van der Waals surface area contributed by atoms with Crippen LogP contribution in [0, 0.1) is 0 Å². The Morgan fingerprint density at radius 3 is 2.35 bits per heavy atom. The van der Waals surface area contributed by atoms with Gasteiger partial charge in [-0.2, -0.15) is 0 Å². The summed E-state index contributed by atoms with van der Waals surface area (Å²) in [5.41, 5.74) is 0.643. The predicted octanol–water partition coefficient (Wildman–Crippen LogP) is 1.61. The van der Waals surface area contributed by atoms with Crippen LogP contribution in [0.2, 0.25) is 0 Å². The highest BCUT2D eigenvalue weighted by atomic mass is 16.5. The Bertz CT molecular complexity index is 627. The maximum Gasteiger partial charge on any atom is 0.224 e. The molecule has 2 amide bonds. The molecule has 1 aliphatic rings. The van der Waals surface area contributed by atoms with Crippen molar-refractivity contribution in [2.24, 2.45) is 0 Å². The third-order valence-corrected chi connectivity index (χ3v) is 4.78. The average molecular weight is 363 g/mol.